The van der Waals surface area contributed by atoms with E-state index >= 15 is 0 Å². The molecule has 0 aromatic heterocycles. The molecule has 0 radical (unpaired) electrons. The minimum Gasteiger partial charge on any atom is -0.373 e. The topological polar surface area (TPSA) is 53.1 Å². The summed E-state index contributed by atoms with van der Waals surface area (Å²) < 4.78 is 6.27. The summed E-state index contributed by atoms with van der Waals surface area (Å²) in [5.41, 5.74) is 1.11. The number of likely N-dealkylation sites (N-methyl/N-ethyl adjacent to an activating group) is 1. The van der Waals surface area contributed by atoms with Crippen molar-refractivity contribution in [2.75, 3.05) is 44.7 Å². The molecule has 6 nitrogen and oxygen atoms in total. The van der Waals surface area contributed by atoms with Crippen molar-refractivity contribution < 1.29 is 14.3 Å². The van der Waals surface area contributed by atoms with Crippen molar-refractivity contribution in [2.45, 2.75) is 43.7 Å². The minimum absolute atomic E-state index is 0.0797. The van der Waals surface area contributed by atoms with E-state index in [0.717, 1.165) is 51.9 Å². The number of amides is 2. The maximum absolute atomic E-state index is 12.5. The first-order valence-electron chi connectivity index (χ1n) is 10.0. The highest BCUT2D eigenvalue weighted by atomic mass is 16.5. The average Bonchev–Trinajstić information content (AvgIpc) is 3.29. The van der Waals surface area contributed by atoms with Gasteiger partial charge in [-0.3, -0.25) is 9.59 Å². The first-order valence-corrected chi connectivity index (χ1v) is 10.0. The number of likely N-dealkylation sites (tertiary alicyclic amines) is 2. The Kier molecular flexibility index (Phi) is 5.08. The molecule has 1 atom stereocenters. The summed E-state index contributed by atoms with van der Waals surface area (Å²) in [6.07, 6.45) is 4.22. The molecule has 3 aliphatic rings. The van der Waals surface area contributed by atoms with Gasteiger partial charge in [0.1, 0.15) is 0 Å². The molecular formula is C21H29N3O3. The van der Waals surface area contributed by atoms with E-state index < -0.39 is 0 Å². The normalized spacial score (nSPS) is 24.6. The molecule has 3 fully saturated rings. The number of piperidine rings is 1. The predicted molar refractivity (Wildman–Crippen MR) is 104 cm³/mol. The number of rotatable bonds is 4. The molecule has 0 unspecified atom stereocenters. The van der Waals surface area contributed by atoms with Gasteiger partial charge in [0, 0.05) is 38.8 Å². The number of carbonyl (C=O) groups is 2. The zero-order valence-corrected chi connectivity index (χ0v) is 16.1. The molecule has 0 N–H and O–H groups in total. The van der Waals surface area contributed by atoms with E-state index in [1.165, 1.54) is 5.69 Å². The van der Waals surface area contributed by atoms with E-state index in [4.69, 9.17) is 4.74 Å². The van der Waals surface area contributed by atoms with E-state index in [0.29, 0.717) is 12.5 Å². The van der Waals surface area contributed by atoms with Crippen LogP contribution in [0.4, 0.5) is 5.69 Å². The summed E-state index contributed by atoms with van der Waals surface area (Å²) in [4.78, 5) is 30.2. The lowest BCUT2D eigenvalue weighted by Gasteiger charge is -2.39. The Balaban J connectivity index is 1.30. The van der Waals surface area contributed by atoms with Gasteiger partial charge in [-0.25, -0.2) is 0 Å². The Bertz CT molecular complexity index is 685. The van der Waals surface area contributed by atoms with E-state index in [1.54, 1.807) is 4.90 Å². The van der Waals surface area contributed by atoms with E-state index in [1.807, 2.05) is 11.0 Å². The van der Waals surface area contributed by atoms with Gasteiger partial charge in [-0.05, 0) is 37.8 Å². The molecule has 3 aliphatic heterocycles. The number of nitrogens with zero attached hydrogens (tertiary/aromatic N) is 3. The lowest BCUT2D eigenvalue weighted by atomic mass is 9.87. The summed E-state index contributed by atoms with van der Waals surface area (Å²) in [7, 11) is 2.13. The van der Waals surface area contributed by atoms with Crippen LogP contribution in [0, 0.1) is 0 Å². The molecule has 6 heteroatoms. The predicted octanol–water partition coefficient (Wildman–Crippen LogP) is 1.90. The van der Waals surface area contributed by atoms with Gasteiger partial charge in [-0.2, -0.15) is 0 Å². The number of benzene rings is 1. The summed E-state index contributed by atoms with van der Waals surface area (Å²) in [6, 6.07) is 10.8. The lowest BCUT2D eigenvalue weighted by Crippen LogP contribution is -2.49. The van der Waals surface area contributed by atoms with Crippen LogP contribution in [0.5, 0.6) is 0 Å². The van der Waals surface area contributed by atoms with Crippen LogP contribution < -0.4 is 4.90 Å². The zero-order valence-electron chi connectivity index (χ0n) is 16.1. The number of para-hydroxylation sites is 1. The van der Waals surface area contributed by atoms with Crippen molar-refractivity contribution in [2.24, 2.45) is 0 Å². The molecular weight excluding hydrogens is 342 g/mol. The molecule has 3 saturated heterocycles. The van der Waals surface area contributed by atoms with Crippen LogP contribution in [0.3, 0.4) is 0 Å². The van der Waals surface area contributed by atoms with Crippen molar-refractivity contribution in [3.63, 3.8) is 0 Å². The van der Waals surface area contributed by atoms with Crippen LogP contribution in [0.2, 0.25) is 0 Å². The Morgan fingerprint density at radius 3 is 2.63 bits per heavy atom. The van der Waals surface area contributed by atoms with E-state index in [9.17, 15) is 9.59 Å². The summed E-state index contributed by atoms with van der Waals surface area (Å²) in [5.74, 6) is 0.193. The second kappa shape index (κ2) is 7.50. The van der Waals surface area contributed by atoms with Gasteiger partial charge in [-0.1, -0.05) is 18.2 Å². The molecule has 3 heterocycles. The van der Waals surface area contributed by atoms with Crippen LogP contribution in [-0.2, 0) is 14.3 Å². The molecule has 1 aromatic carbocycles. The molecule has 0 saturated carbocycles. The smallest absolute Gasteiger partial charge is 0.242 e. The van der Waals surface area contributed by atoms with Crippen molar-refractivity contribution in [3.8, 4) is 0 Å². The van der Waals surface area contributed by atoms with Gasteiger partial charge >= 0.3 is 0 Å². The monoisotopic (exact) mass is 371 g/mol. The van der Waals surface area contributed by atoms with Gasteiger partial charge in [0.15, 0.2) is 0 Å². The van der Waals surface area contributed by atoms with Gasteiger partial charge in [0.05, 0.1) is 24.8 Å². The minimum atomic E-state index is -0.103. The number of hydrogen-bond acceptors (Lipinski definition) is 4. The molecule has 27 heavy (non-hydrogen) atoms. The van der Waals surface area contributed by atoms with Gasteiger partial charge in [-0.15, -0.1) is 0 Å². The number of carbonyl (C=O) groups excluding carboxylic acids is 2. The van der Waals surface area contributed by atoms with Crippen molar-refractivity contribution in [1.29, 1.82) is 0 Å². The molecule has 0 aliphatic carbocycles. The zero-order chi connectivity index (χ0) is 18.9. The summed E-state index contributed by atoms with van der Waals surface area (Å²) >= 11 is 0. The van der Waals surface area contributed by atoms with E-state index in [2.05, 4.69) is 36.2 Å². The van der Waals surface area contributed by atoms with Crippen LogP contribution in [0.1, 0.15) is 32.1 Å². The molecule has 1 aromatic rings. The standard InChI is InChI=1S/C21H29N3O3/c1-22(17-6-3-2-4-7-17)18-14-21(27-16-18)9-12-23(13-10-21)20(26)15-24-11-5-8-19(24)25/h2-4,6-7,18H,5,8-16H2,1H3/t18-/m1/s1. The Labute approximate surface area is 161 Å². The number of hydrogen-bond donors (Lipinski definition) is 0. The van der Waals surface area contributed by atoms with E-state index in [-0.39, 0.29) is 24.0 Å². The second-order valence-corrected chi connectivity index (χ2v) is 8.10. The van der Waals surface area contributed by atoms with Crippen LogP contribution in [0.15, 0.2) is 30.3 Å². The Morgan fingerprint density at radius 2 is 1.96 bits per heavy atom. The van der Waals surface area contributed by atoms with Crippen molar-refractivity contribution in [1.82, 2.24) is 9.80 Å². The highest BCUT2D eigenvalue weighted by Crippen LogP contribution is 2.38. The average molecular weight is 371 g/mol. The number of ether oxygens (including phenoxy) is 1. The SMILES string of the molecule is CN(c1ccccc1)[C@H]1COC2(CCN(C(=O)CN3CCCC3=O)CC2)C1. The Hall–Kier alpha value is -2.08. The third kappa shape index (κ3) is 3.81. The van der Waals surface area contributed by atoms with Crippen LogP contribution >= 0.6 is 0 Å². The van der Waals surface area contributed by atoms with Crippen LogP contribution in [0.25, 0.3) is 0 Å². The fraction of sp³-hybridized carbons (Fsp3) is 0.619. The first-order chi connectivity index (χ1) is 13.1. The van der Waals surface area contributed by atoms with Gasteiger partial charge in [0.2, 0.25) is 11.8 Å². The lowest BCUT2D eigenvalue weighted by molar-refractivity contribution is -0.141. The van der Waals surface area contributed by atoms with Crippen molar-refractivity contribution >= 4 is 17.5 Å². The molecule has 1 spiro atoms. The third-order valence-corrected chi connectivity index (χ3v) is 6.43. The molecule has 4 rings (SSSR count). The molecule has 2 amide bonds. The fourth-order valence-corrected chi connectivity index (χ4v) is 4.59. The second-order valence-electron chi connectivity index (χ2n) is 8.10. The van der Waals surface area contributed by atoms with Crippen LogP contribution in [-0.4, -0.2) is 73.1 Å². The van der Waals surface area contributed by atoms with Gasteiger partial charge in [0.25, 0.3) is 0 Å². The van der Waals surface area contributed by atoms with Crippen molar-refractivity contribution in [3.05, 3.63) is 30.3 Å². The Morgan fingerprint density at radius 1 is 1.22 bits per heavy atom. The highest BCUT2D eigenvalue weighted by Gasteiger charge is 2.44. The maximum Gasteiger partial charge on any atom is 0.242 e. The first kappa shape index (κ1) is 18.3. The fourth-order valence-electron chi connectivity index (χ4n) is 4.59. The molecule has 146 valence electrons. The molecule has 0 bridgehead atoms. The quantitative estimate of drug-likeness (QED) is 0.811. The summed E-state index contributed by atoms with van der Waals surface area (Å²) in [6.45, 7) is 3.15. The highest BCUT2D eigenvalue weighted by molar-refractivity contribution is 5.85. The van der Waals surface area contributed by atoms with Gasteiger partial charge < -0.3 is 19.4 Å². The summed E-state index contributed by atoms with van der Waals surface area (Å²) in [5, 5.41) is 0. The maximum atomic E-state index is 12.5. The third-order valence-electron chi connectivity index (χ3n) is 6.43. The number of anilines is 1. The largest absolute Gasteiger partial charge is 0.373 e.